The molecule has 6 aliphatic carbocycles. The van der Waals surface area contributed by atoms with Crippen LogP contribution in [0.1, 0.15) is 356 Å². The van der Waals surface area contributed by atoms with E-state index in [1.165, 1.54) is 220 Å². The third-order valence-electron chi connectivity index (χ3n) is 20.5. The Morgan fingerprint density at radius 3 is 0.528 bits per heavy atom. The molecule has 0 amide bonds. The van der Waals surface area contributed by atoms with Gasteiger partial charge in [-0.3, -0.25) is 4.90 Å². The van der Waals surface area contributed by atoms with Crippen LogP contribution in [0, 0.1) is 68.0 Å². The third kappa shape index (κ3) is 38.3. The van der Waals surface area contributed by atoms with Crippen LogP contribution in [0.5, 0.6) is 0 Å². The second-order valence-electron chi connectivity index (χ2n) is 38.7. The average Bonchev–Trinajstić information content (AvgIpc) is 4.54. The Bertz CT molecular complexity index is 1610. The van der Waals surface area contributed by atoms with Crippen molar-refractivity contribution in [3.05, 3.63) is 0 Å². The molecule has 0 unspecified atom stereocenters. The Kier molecular flexibility index (Phi) is 40.1. The SMILES string of the molecule is CC(C)(C)N1CCCC2(CC2)C1.CC(C)C.CC(C)C.CC(C)C.CC(C)C.CC(C)C.CC(C)C.CC(C)N1CCC2(CC2)C1.CC(C)N1CCC2(CC2)C1.CC(C)N1CCC2(CCC2)C1.CC(C)N1CCC2(CCC2)C1.CC(C)N1CCCC2(CC2)C1. The summed E-state index contributed by atoms with van der Waals surface area (Å²) < 4.78 is 0. The quantitative estimate of drug-likeness (QED) is 0.271. The van der Waals surface area contributed by atoms with E-state index in [1.54, 1.807) is 0 Å². The van der Waals surface area contributed by atoms with Crippen molar-refractivity contribution >= 4 is 0 Å². The number of hydrogen-bond acceptors (Lipinski definition) is 6. The Hall–Kier alpha value is -0.240. The van der Waals surface area contributed by atoms with Gasteiger partial charge in [0.15, 0.2) is 0 Å². The van der Waals surface area contributed by atoms with E-state index in [4.69, 9.17) is 0 Å². The van der Waals surface area contributed by atoms with Gasteiger partial charge < -0.3 is 24.5 Å². The molecule has 6 aliphatic heterocycles. The van der Waals surface area contributed by atoms with Crippen molar-refractivity contribution in [1.29, 1.82) is 0 Å². The lowest BCUT2D eigenvalue weighted by molar-refractivity contribution is 0.0701. The van der Waals surface area contributed by atoms with Crippen LogP contribution in [-0.2, 0) is 0 Å². The fourth-order valence-electron chi connectivity index (χ4n) is 13.6. The first-order valence-corrected chi connectivity index (χ1v) is 39.5. The molecule has 89 heavy (non-hydrogen) atoms. The summed E-state index contributed by atoms with van der Waals surface area (Å²) in [6.07, 6.45) is 32.9. The molecule has 6 heterocycles. The van der Waals surface area contributed by atoms with E-state index in [1.807, 2.05) is 0 Å². The van der Waals surface area contributed by atoms with Gasteiger partial charge in [0.2, 0.25) is 0 Å². The minimum absolute atomic E-state index is 0.399. The van der Waals surface area contributed by atoms with Crippen LogP contribution in [0.2, 0.25) is 0 Å². The number of rotatable bonds is 5. The number of nitrogens with zero attached hydrogens (tertiary/aromatic N) is 6. The van der Waals surface area contributed by atoms with Crippen LogP contribution in [-0.4, -0.2) is 144 Å². The summed E-state index contributed by atoms with van der Waals surface area (Å²) in [5, 5.41) is 0. The molecule has 0 radical (unpaired) electrons. The molecule has 534 valence electrons. The van der Waals surface area contributed by atoms with Crippen LogP contribution < -0.4 is 0 Å². The Morgan fingerprint density at radius 1 is 0.202 bits per heavy atom. The smallest absolute Gasteiger partial charge is 0.0125 e. The molecule has 6 saturated carbocycles. The maximum atomic E-state index is 2.67. The minimum atomic E-state index is 0.399. The predicted molar refractivity (Wildman–Crippen MR) is 404 cm³/mol. The summed E-state index contributed by atoms with van der Waals surface area (Å²) in [5.74, 6) is 5.00. The van der Waals surface area contributed by atoms with Crippen molar-refractivity contribution in [3.63, 3.8) is 0 Å². The highest BCUT2D eigenvalue weighted by molar-refractivity contribution is 5.03. The molecular formula is C83H172N6. The second kappa shape index (κ2) is 41.1. The molecule has 12 rings (SSSR count). The van der Waals surface area contributed by atoms with Crippen molar-refractivity contribution in [2.75, 3.05) is 78.5 Å². The van der Waals surface area contributed by atoms with E-state index in [0.29, 0.717) is 5.54 Å². The van der Waals surface area contributed by atoms with Gasteiger partial charge in [0.25, 0.3) is 0 Å². The molecule has 0 aromatic heterocycles. The van der Waals surface area contributed by atoms with Gasteiger partial charge in [-0.25, -0.2) is 0 Å². The van der Waals surface area contributed by atoms with Crippen LogP contribution >= 0.6 is 0 Å². The Labute approximate surface area is 564 Å². The van der Waals surface area contributed by atoms with Crippen molar-refractivity contribution < 1.29 is 0 Å². The summed E-state index contributed by atoms with van der Waals surface area (Å²) in [4.78, 5) is 15.8. The first-order valence-electron chi connectivity index (χ1n) is 39.5. The van der Waals surface area contributed by atoms with Gasteiger partial charge in [-0.1, -0.05) is 137 Å². The van der Waals surface area contributed by atoms with Gasteiger partial charge in [-0.05, 0) is 326 Å². The van der Waals surface area contributed by atoms with E-state index in [0.717, 1.165) is 98.2 Å². The standard InChI is InChI=1S/C11H21N.3C10H19N.2C9H17N.6C4H10/c1-10(2,3)12-8-4-5-11(9-12)6-7-11;1-9(2)11-7-3-4-10(8-11)5-6-10;2*1-9(2)11-7-6-10(8-11)4-3-5-10;2*1-8(2)10-6-5-9(7-10)3-4-9;6*1-4(2)3/h4-9H2,1-3H3;3*9H,3-8H2,1-2H3;2*8H,3-7H2,1-2H3;6*4H,1-3H3. The summed E-state index contributed by atoms with van der Waals surface area (Å²) in [6.45, 7) is 85.6. The molecule has 0 bridgehead atoms. The maximum Gasteiger partial charge on any atom is 0.0125 e. The first kappa shape index (κ1) is 86.8. The monoisotopic (exact) mass is 1250 g/mol. The van der Waals surface area contributed by atoms with Gasteiger partial charge >= 0.3 is 0 Å². The first-order chi connectivity index (χ1) is 41.0. The van der Waals surface area contributed by atoms with Gasteiger partial charge in [-0.2, -0.15) is 0 Å². The van der Waals surface area contributed by atoms with Gasteiger partial charge in [0, 0.05) is 75.0 Å². The van der Waals surface area contributed by atoms with Gasteiger partial charge in [0.1, 0.15) is 0 Å². The molecule has 0 aromatic rings. The normalized spacial score (nSPS) is 24.2. The van der Waals surface area contributed by atoms with E-state index >= 15 is 0 Å². The Balaban J connectivity index is 0.000000499. The van der Waals surface area contributed by atoms with E-state index in [2.05, 4.69) is 244 Å². The maximum absolute atomic E-state index is 2.67. The van der Waals surface area contributed by atoms with E-state index < -0.39 is 0 Å². The van der Waals surface area contributed by atoms with Crippen LogP contribution in [0.4, 0.5) is 0 Å². The molecule has 12 fully saturated rings. The fourth-order valence-corrected chi connectivity index (χ4v) is 13.6. The van der Waals surface area contributed by atoms with Crippen molar-refractivity contribution in [3.8, 4) is 0 Å². The molecule has 0 N–H and O–H groups in total. The van der Waals surface area contributed by atoms with E-state index in [9.17, 15) is 0 Å². The summed E-state index contributed by atoms with van der Waals surface area (Å²) in [5.41, 5.74) is 5.23. The molecule has 12 aliphatic rings. The highest BCUT2D eigenvalue weighted by Gasteiger charge is 2.50. The lowest BCUT2D eigenvalue weighted by Gasteiger charge is -2.42. The van der Waals surface area contributed by atoms with E-state index in [-0.39, 0.29) is 0 Å². The molecule has 0 aromatic carbocycles. The molecular weight excluding hydrogens is 1080 g/mol. The lowest BCUT2D eigenvalue weighted by atomic mass is 9.68. The van der Waals surface area contributed by atoms with Crippen LogP contribution in [0.25, 0.3) is 0 Å². The van der Waals surface area contributed by atoms with Gasteiger partial charge in [-0.15, -0.1) is 0 Å². The lowest BCUT2D eigenvalue weighted by Crippen LogP contribution is -2.47. The number of piperidine rings is 2. The number of hydrogen-bond donors (Lipinski definition) is 0. The zero-order valence-electron chi connectivity index (χ0n) is 67.6. The summed E-state index contributed by atoms with van der Waals surface area (Å²) in [7, 11) is 0. The van der Waals surface area contributed by atoms with Crippen LogP contribution in [0.3, 0.4) is 0 Å². The number of likely N-dealkylation sites (tertiary alicyclic amines) is 6. The molecule has 6 spiro atoms. The van der Waals surface area contributed by atoms with Gasteiger partial charge in [0.05, 0.1) is 0 Å². The average molecular weight is 1250 g/mol. The topological polar surface area (TPSA) is 19.4 Å². The molecule has 6 heteroatoms. The highest BCUT2D eigenvalue weighted by atomic mass is 15.2. The third-order valence-corrected chi connectivity index (χ3v) is 20.5. The zero-order valence-corrected chi connectivity index (χ0v) is 67.6. The molecule has 0 atom stereocenters. The van der Waals surface area contributed by atoms with Crippen molar-refractivity contribution in [2.45, 2.75) is 392 Å². The second-order valence-corrected chi connectivity index (χ2v) is 38.7. The zero-order chi connectivity index (χ0) is 68.4. The highest BCUT2D eigenvalue weighted by Crippen LogP contribution is 2.55. The minimum Gasteiger partial charge on any atom is -0.300 e. The molecule has 6 nitrogen and oxygen atoms in total. The largest absolute Gasteiger partial charge is 0.300 e. The van der Waals surface area contributed by atoms with Crippen LogP contribution in [0.15, 0.2) is 0 Å². The summed E-state index contributed by atoms with van der Waals surface area (Å²) >= 11 is 0. The van der Waals surface area contributed by atoms with Crippen molar-refractivity contribution in [1.82, 2.24) is 29.4 Å². The molecule has 6 saturated heterocycles. The van der Waals surface area contributed by atoms with Crippen molar-refractivity contribution in [2.24, 2.45) is 68.0 Å². The summed E-state index contributed by atoms with van der Waals surface area (Å²) in [6, 6.07) is 3.87. The Morgan fingerprint density at radius 2 is 0.371 bits per heavy atom. The fraction of sp³-hybridized carbons (Fsp3) is 1.00. The predicted octanol–water partition coefficient (Wildman–Crippen LogP) is 23.2.